The SMILES string of the molecule is Nc1ccn(CCCOc2cccc(I)c2)n1. The molecule has 0 fully saturated rings. The zero-order chi connectivity index (χ0) is 12.1. The van der Waals surface area contributed by atoms with Crippen molar-refractivity contribution in [3.63, 3.8) is 0 Å². The Labute approximate surface area is 114 Å². The number of aromatic nitrogens is 2. The van der Waals surface area contributed by atoms with Crippen molar-refractivity contribution < 1.29 is 4.74 Å². The Morgan fingerprint density at radius 2 is 2.24 bits per heavy atom. The van der Waals surface area contributed by atoms with Crippen LogP contribution < -0.4 is 10.5 Å². The molecule has 2 aromatic rings. The van der Waals surface area contributed by atoms with E-state index in [1.54, 1.807) is 6.07 Å². The number of nitrogen functional groups attached to an aromatic ring is 1. The van der Waals surface area contributed by atoms with Crippen LogP contribution in [0.25, 0.3) is 0 Å². The average molecular weight is 343 g/mol. The Hall–Kier alpha value is -1.24. The summed E-state index contributed by atoms with van der Waals surface area (Å²) < 4.78 is 8.65. The van der Waals surface area contributed by atoms with Gasteiger partial charge in [-0.1, -0.05) is 6.07 Å². The first-order chi connectivity index (χ1) is 8.24. The molecule has 0 aliphatic rings. The lowest BCUT2D eigenvalue weighted by molar-refractivity contribution is 0.298. The molecule has 5 heteroatoms. The van der Waals surface area contributed by atoms with Crippen LogP contribution >= 0.6 is 22.6 Å². The first-order valence-electron chi connectivity index (χ1n) is 5.41. The number of rotatable bonds is 5. The maximum absolute atomic E-state index is 5.64. The number of nitrogens with zero attached hydrogens (tertiary/aromatic N) is 2. The lowest BCUT2D eigenvalue weighted by atomic mass is 10.3. The minimum Gasteiger partial charge on any atom is -0.493 e. The van der Waals surface area contributed by atoms with Crippen molar-refractivity contribution in [1.82, 2.24) is 9.78 Å². The van der Waals surface area contributed by atoms with E-state index in [9.17, 15) is 0 Å². The monoisotopic (exact) mass is 343 g/mol. The highest BCUT2D eigenvalue weighted by Gasteiger charge is 1.97. The Morgan fingerprint density at radius 1 is 1.35 bits per heavy atom. The molecule has 0 aliphatic heterocycles. The first-order valence-corrected chi connectivity index (χ1v) is 6.49. The maximum Gasteiger partial charge on any atom is 0.145 e. The second kappa shape index (κ2) is 5.90. The zero-order valence-electron chi connectivity index (χ0n) is 9.34. The van der Waals surface area contributed by atoms with Crippen LogP contribution in [0.3, 0.4) is 0 Å². The van der Waals surface area contributed by atoms with Crippen LogP contribution in [0.1, 0.15) is 6.42 Å². The quantitative estimate of drug-likeness (QED) is 0.671. The van der Waals surface area contributed by atoms with Gasteiger partial charge in [0.05, 0.1) is 6.61 Å². The van der Waals surface area contributed by atoms with E-state index in [0.29, 0.717) is 12.4 Å². The number of halogens is 1. The standard InChI is InChI=1S/C12H14IN3O/c13-10-3-1-4-11(9-10)17-8-2-6-16-7-5-12(14)15-16/h1,3-5,7,9H,2,6,8H2,(H2,14,15). The van der Waals surface area contributed by atoms with Gasteiger partial charge in [0.15, 0.2) is 0 Å². The van der Waals surface area contributed by atoms with Gasteiger partial charge in [0, 0.05) is 22.7 Å². The number of ether oxygens (including phenoxy) is 1. The molecule has 0 bridgehead atoms. The van der Waals surface area contributed by atoms with Crippen molar-refractivity contribution in [2.45, 2.75) is 13.0 Å². The summed E-state index contributed by atoms with van der Waals surface area (Å²) in [5, 5.41) is 4.11. The normalized spacial score (nSPS) is 10.4. The fourth-order valence-corrected chi connectivity index (χ4v) is 1.99. The van der Waals surface area contributed by atoms with Crippen LogP contribution in [-0.4, -0.2) is 16.4 Å². The van der Waals surface area contributed by atoms with E-state index in [2.05, 4.69) is 27.7 Å². The van der Waals surface area contributed by atoms with Crippen LogP contribution in [0.15, 0.2) is 36.5 Å². The molecule has 0 amide bonds. The predicted octanol–water partition coefficient (Wildman–Crippen LogP) is 2.54. The summed E-state index contributed by atoms with van der Waals surface area (Å²) in [7, 11) is 0. The van der Waals surface area contributed by atoms with E-state index >= 15 is 0 Å². The lowest BCUT2D eigenvalue weighted by Crippen LogP contribution is -2.05. The summed E-state index contributed by atoms with van der Waals surface area (Å²) in [5.74, 6) is 1.47. The third-order valence-electron chi connectivity index (χ3n) is 2.26. The molecule has 0 spiro atoms. The molecular formula is C12H14IN3O. The van der Waals surface area contributed by atoms with E-state index in [4.69, 9.17) is 10.5 Å². The average Bonchev–Trinajstić information content (AvgIpc) is 2.71. The zero-order valence-corrected chi connectivity index (χ0v) is 11.5. The lowest BCUT2D eigenvalue weighted by Gasteiger charge is -2.06. The second-order valence-corrected chi connectivity index (χ2v) is 4.91. The van der Waals surface area contributed by atoms with Gasteiger partial charge in [-0.05, 0) is 46.9 Å². The molecule has 0 atom stereocenters. The molecule has 17 heavy (non-hydrogen) atoms. The maximum atomic E-state index is 5.64. The van der Waals surface area contributed by atoms with E-state index in [-0.39, 0.29) is 0 Å². The summed E-state index contributed by atoms with van der Waals surface area (Å²) in [6.45, 7) is 1.50. The number of nitrogens with two attached hydrogens (primary N) is 1. The molecule has 1 aromatic heterocycles. The van der Waals surface area contributed by atoms with Crippen molar-refractivity contribution >= 4 is 28.4 Å². The molecule has 1 heterocycles. The summed E-state index contributed by atoms with van der Waals surface area (Å²) >= 11 is 2.27. The van der Waals surface area contributed by atoms with Crippen molar-refractivity contribution in [3.05, 3.63) is 40.1 Å². The van der Waals surface area contributed by atoms with Gasteiger partial charge in [0.25, 0.3) is 0 Å². The Balaban J connectivity index is 1.73. The fraction of sp³-hybridized carbons (Fsp3) is 0.250. The molecule has 1 aromatic carbocycles. The van der Waals surface area contributed by atoms with Crippen molar-refractivity contribution in [3.8, 4) is 5.75 Å². The van der Waals surface area contributed by atoms with Crippen LogP contribution in [0.2, 0.25) is 0 Å². The molecule has 0 saturated heterocycles. The summed E-state index contributed by atoms with van der Waals surface area (Å²) in [6, 6.07) is 9.81. The van der Waals surface area contributed by atoms with Crippen LogP contribution in [0.4, 0.5) is 5.82 Å². The van der Waals surface area contributed by atoms with Crippen molar-refractivity contribution in [2.24, 2.45) is 0 Å². The molecule has 0 aliphatic carbocycles. The summed E-state index contributed by atoms with van der Waals surface area (Å²) in [6.07, 6.45) is 2.79. The Kier molecular flexibility index (Phi) is 4.24. The first kappa shape index (κ1) is 12.2. The largest absolute Gasteiger partial charge is 0.493 e. The molecule has 2 rings (SSSR count). The Bertz CT molecular complexity index is 484. The summed E-state index contributed by atoms with van der Waals surface area (Å²) in [4.78, 5) is 0. The molecule has 90 valence electrons. The topological polar surface area (TPSA) is 53.1 Å². The number of hydrogen-bond acceptors (Lipinski definition) is 3. The highest BCUT2D eigenvalue weighted by Crippen LogP contribution is 2.14. The predicted molar refractivity (Wildman–Crippen MR) is 75.9 cm³/mol. The highest BCUT2D eigenvalue weighted by molar-refractivity contribution is 14.1. The molecular weight excluding hydrogens is 329 g/mol. The smallest absolute Gasteiger partial charge is 0.145 e. The minimum atomic E-state index is 0.559. The highest BCUT2D eigenvalue weighted by atomic mass is 127. The summed E-state index contributed by atoms with van der Waals surface area (Å²) in [5.41, 5.74) is 5.53. The van der Waals surface area contributed by atoms with E-state index < -0.39 is 0 Å². The number of benzene rings is 1. The third kappa shape index (κ3) is 3.92. The van der Waals surface area contributed by atoms with Crippen LogP contribution in [0.5, 0.6) is 5.75 Å². The molecule has 2 N–H and O–H groups in total. The van der Waals surface area contributed by atoms with Gasteiger partial charge < -0.3 is 10.5 Å². The van der Waals surface area contributed by atoms with Crippen molar-refractivity contribution in [2.75, 3.05) is 12.3 Å². The van der Waals surface area contributed by atoms with Crippen LogP contribution in [0, 0.1) is 3.57 Å². The third-order valence-corrected chi connectivity index (χ3v) is 2.93. The van der Waals surface area contributed by atoms with Gasteiger partial charge in [-0.3, -0.25) is 4.68 Å². The number of anilines is 1. The van der Waals surface area contributed by atoms with E-state index in [1.807, 2.05) is 35.1 Å². The van der Waals surface area contributed by atoms with E-state index in [1.165, 1.54) is 3.57 Å². The van der Waals surface area contributed by atoms with Crippen LogP contribution in [-0.2, 0) is 6.54 Å². The molecule has 0 radical (unpaired) electrons. The van der Waals surface area contributed by atoms with E-state index in [0.717, 1.165) is 18.7 Å². The van der Waals surface area contributed by atoms with Gasteiger partial charge in [0.2, 0.25) is 0 Å². The van der Waals surface area contributed by atoms with Gasteiger partial charge in [-0.2, -0.15) is 5.10 Å². The fourth-order valence-electron chi connectivity index (χ4n) is 1.48. The number of aryl methyl sites for hydroxylation is 1. The van der Waals surface area contributed by atoms with Gasteiger partial charge in [0.1, 0.15) is 11.6 Å². The molecule has 4 nitrogen and oxygen atoms in total. The second-order valence-electron chi connectivity index (χ2n) is 3.66. The van der Waals surface area contributed by atoms with Gasteiger partial charge in [-0.15, -0.1) is 0 Å². The van der Waals surface area contributed by atoms with Gasteiger partial charge in [-0.25, -0.2) is 0 Å². The minimum absolute atomic E-state index is 0.559. The van der Waals surface area contributed by atoms with Gasteiger partial charge >= 0.3 is 0 Å². The number of hydrogen-bond donors (Lipinski definition) is 1. The van der Waals surface area contributed by atoms with Crippen molar-refractivity contribution in [1.29, 1.82) is 0 Å². The molecule has 0 unspecified atom stereocenters. The Morgan fingerprint density at radius 3 is 2.94 bits per heavy atom. The molecule has 0 saturated carbocycles.